The molecule has 6 nitrogen and oxygen atoms in total. The van der Waals surface area contributed by atoms with Gasteiger partial charge in [0, 0.05) is 32.0 Å². The van der Waals surface area contributed by atoms with Gasteiger partial charge in [0.05, 0.1) is 5.69 Å². The Kier molecular flexibility index (Phi) is 2.03. The van der Waals surface area contributed by atoms with Crippen LogP contribution in [0.4, 0.5) is 0 Å². The van der Waals surface area contributed by atoms with Gasteiger partial charge in [-0.1, -0.05) is 5.21 Å². The number of piperidine rings is 1. The van der Waals surface area contributed by atoms with Gasteiger partial charge in [0.2, 0.25) is 11.8 Å². The molecule has 0 radical (unpaired) electrons. The highest BCUT2D eigenvalue weighted by atomic mass is 16.2. The fraction of sp³-hybridized carbons (Fsp3) is 0.500. The van der Waals surface area contributed by atoms with Gasteiger partial charge in [-0.25, -0.2) is 0 Å². The van der Waals surface area contributed by atoms with E-state index < -0.39 is 0 Å². The van der Waals surface area contributed by atoms with Crippen molar-refractivity contribution in [1.29, 1.82) is 0 Å². The molecule has 1 fully saturated rings. The maximum absolute atomic E-state index is 11.1. The van der Waals surface area contributed by atoms with Crippen molar-refractivity contribution in [3.63, 3.8) is 0 Å². The average molecular weight is 194 g/mol. The van der Waals surface area contributed by atoms with E-state index in [0.717, 1.165) is 0 Å². The van der Waals surface area contributed by atoms with Gasteiger partial charge in [-0.3, -0.25) is 19.6 Å². The van der Waals surface area contributed by atoms with Crippen LogP contribution in [0.25, 0.3) is 0 Å². The molecule has 14 heavy (non-hydrogen) atoms. The second kappa shape index (κ2) is 3.21. The molecule has 2 heterocycles. The quantitative estimate of drug-likeness (QED) is 0.602. The number of amides is 2. The summed E-state index contributed by atoms with van der Waals surface area (Å²) in [6.07, 6.45) is 2.35. The van der Waals surface area contributed by atoms with Crippen molar-refractivity contribution in [1.82, 2.24) is 20.3 Å². The minimum absolute atomic E-state index is 0.120. The Morgan fingerprint density at radius 3 is 2.57 bits per heavy atom. The van der Waals surface area contributed by atoms with Crippen molar-refractivity contribution < 1.29 is 9.59 Å². The van der Waals surface area contributed by atoms with E-state index in [4.69, 9.17) is 0 Å². The third-order valence-corrected chi connectivity index (χ3v) is 2.18. The SMILES string of the molecule is Cn1cc(C2CC(=O)NC(=O)C2)nn1. The zero-order valence-electron chi connectivity index (χ0n) is 7.73. The molecule has 0 atom stereocenters. The van der Waals surface area contributed by atoms with E-state index in [9.17, 15) is 9.59 Å². The second-order valence-corrected chi connectivity index (χ2v) is 3.39. The number of aryl methyl sites for hydroxylation is 1. The summed E-state index contributed by atoms with van der Waals surface area (Å²) in [5, 5.41) is 9.91. The lowest BCUT2D eigenvalue weighted by Crippen LogP contribution is -2.37. The molecule has 0 aromatic carbocycles. The lowest BCUT2D eigenvalue weighted by Gasteiger charge is -2.18. The van der Waals surface area contributed by atoms with Crippen molar-refractivity contribution in [2.24, 2.45) is 7.05 Å². The van der Waals surface area contributed by atoms with Crippen LogP contribution in [0.5, 0.6) is 0 Å². The minimum Gasteiger partial charge on any atom is -0.296 e. The number of hydrogen-bond acceptors (Lipinski definition) is 4. The molecular formula is C8H10N4O2. The van der Waals surface area contributed by atoms with Gasteiger partial charge in [-0.15, -0.1) is 5.10 Å². The van der Waals surface area contributed by atoms with Crippen LogP contribution < -0.4 is 5.32 Å². The molecule has 1 aliphatic rings. The third-order valence-electron chi connectivity index (χ3n) is 2.18. The smallest absolute Gasteiger partial charge is 0.227 e. The van der Waals surface area contributed by atoms with E-state index in [1.54, 1.807) is 17.9 Å². The zero-order chi connectivity index (χ0) is 10.1. The highest BCUT2D eigenvalue weighted by Gasteiger charge is 2.27. The lowest BCUT2D eigenvalue weighted by molar-refractivity contribution is -0.133. The summed E-state index contributed by atoms with van der Waals surface area (Å²) in [7, 11) is 1.75. The van der Waals surface area contributed by atoms with E-state index in [1.165, 1.54) is 0 Å². The largest absolute Gasteiger partial charge is 0.296 e. The van der Waals surface area contributed by atoms with Crippen LogP contribution in [-0.4, -0.2) is 26.8 Å². The van der Waals surface area contributed by atoms with E-state index >= 15 is 0 Å². The van der Waals surface area contributed by atoms with Crippen LogP contribution in [0.15, 0.2) is 6.20 Å². The topological polar surface area (TPSA) is 76.9 Å². The monoisotopic (exact) mass is 194 g/mol. The van der Waals surface area contributed by atoms with Crippen LogP contribution in [0, 0.1) is 0 Å². The van der Waals surface area contributed by atoms with Crippen molar-refractivity contribution in [2.75, 3.05) is 0 Å². The number of imide groups is 1. The standard InChI is InChI=1S/C8H10N4O2/c1-12-4-6(10-11-12)5-2-7(13)9-8(14)3-5/h4-5H,2-3H2,1H3,(H,9,13,14). The highest BCUT2D eigenvalue weighted by molar-refractivity contribution is 5.98. The number of carbonyl (C=O) groups is 2. The summed E-state index contributed by atoms with van der Waals surface area (Å²) in [5.74, 6) is -0.598. The lowest BCUT2D eigenvalue weighted by atomic mass is 9.94. The van der Waals surface area contributed by atoms with Crippen molar-refractivity contribution in [3.05, 3.63) is 11.9 Å². The molecule has 1 N–H and O–H groups in total. The van der Waals surface area contributed by atoms with Gasteiger partial charge >= 0.3 is 0 Å². The van der Waals surface area contributed by atoms with E-state index in [1.807, 2.05) is 0 Å². The number of aromatic nitrogens is 3. The molecule has 6 heteroatoms. The normalized spacial score (nSPS) is 18.4. The third kappa shape index (κ3) is 1.63. The predicted molar refractivity (Wildman–Crippen MR) is 46.1 cm³/mol. The fourth-order valence-electron chi connectivity index (χ4n) is 1.54. The molecule has 0 saturated carbocycles. The Morgan fingerprint density at radius 1 is 1.43 bits per heavy atom. The van der Waals surface area contributed by atoms with Crippen LogP contribution in [0.3, 0.4) is 0 Å². The summed E-state index contributed by atoms with van der Waals surface area (Å²) in [6.45, 7) is 0. The van der Waals surface area contributed by atoms with Crippen LogP contribution in [0.2, 0.25) is 0 Å². The molecule has 74 valence electrons. The minimum atomic E-state index is -0.239. The first kappa shape index (κ1) is 8.86. The molecule has 1 aliphatic heterocycles. The van der Waals surface area contributed by atoms with Crippen LogP contribution in [-0.2, 0) is 16.6 Å². The molecule has 1 aromatic heterocycles. The summed E-state index contributed by atoms with van der Waals surface area (Å²) in [4.78, 5) is 22.2. The predicted octanol–water partition coefficient (Wildman–Crippen LogP) is -0.665. The number of rotatable bonds is 1. The maximum atomic E-state index is 11.1. The van der Waals surface area contributed by atoms with Crippen molar-refractivity contribution in [2.45, 2.75) is 18.8 Å². The van der Waals surface area contributed by atoms with Gasteiger partial charge < -0.3 is 0 Å². The summed E-state index contributed by atoms with van der Waals surface area (Å²) in [6, 6.07) is 0. The van der Waals surface area contributed by atoms with E-state index in [0.29, 0.717) is 18.5 Å². The molecule has 0 spiro atoms. The Bertz CT molecular complexity index is 368. The zero-order valence-corrected chi connectivity index (χ0v) is 7.73. The molecule has 2 rings (SSSR count). The number of carbonyl (C=O) groups excluding carboxylic acids is 2. The average Bonchev–Trinajstić information content (AvgIpc) is 2.50. The molecule has 0 aliphatic carbocycles. The fourth-order valence-corrected chi connectivity index (χ4v) is 1.54. The van der Waals surface area contributed by atoms with Crippen LogP contribution >= 0.6 is 0 Å². The maximum Gasteiger partial charge on any atom is 0.227 e. The Labute approximate surface area is 80.3 Å². The molecular weight excluding hydrogens is 184 g/mol. The first-order chi connectivity index (χ1) is 6.65. The number of nitrogens with one attached hydrogen (secondary N) is 1. The molecule has 0 unspecified atom stereocenters. The second-order valence-electron chi connectivity index (χ2n) is 3.39. The van der Waals surface area contributed by atoms with Gasteiger partial charge in [-0.2, -0.15) is 0 Å². The Morgan fingerprint density at radius 2 is 2.07 bits per heavy atom. The summed E-state index contributed by atoms with van der Waals surface area (Å²) in [5.41, 5.74) is 0.704. The summed E-state index contributed by atoms with van der Waals surface area (Å²) >= 11 is 0. The van der Waals surface area contributed by atoms with Crippen LogP contribution in [0.1, 0.15) is 24.5 Å². The molecule has 1 aromatic rings. The first-order valence-corrected chi connectivity index (χ1v) is 4.34. The first-order valence-electron chi connectivity index (χ1n) is 4.34. The molecule has 0 bridgehead atoms. The molecule has 1 saturated heterocycles. The van der Waals surface area contributed by atoms with E-state index in [-0.39, 0.29) is 17.7 Å². The summed E-state index contributed by atoms with van der Waals surface area (Å²) < 4.78 is 1.56. The van der Waals surface area contributed by atoms with Crippen molar-refractivity contribution >= 4 is 11.8 Å². The van der Waals surface area contributed by atoms with Gasteiger partial charge in [0.1, 0.15) is 0 Å². The number of nitrogens with zero attached hydrogens (tertiary/aromatic N) is 3. The Balaban J connectivity index is 2.18. The van der Waals surface area contributed by atoms with Gasteiger partial charge in [0.15, 0.2) is 0 Å². The van der Waals surface area contributed by atoms with E-state index in [2.05, 4.69) is 15.6 Å². The highest BCUT2D eigenvalue weighted by Crippen LogP contribution is 2.23. The Hall–Kier alpha value is -1.72. The van der Waals surface area contributed by atoms with Crippen molar-refractivity contribution in [3.8, 4) is 0 Å². The van der Waals surface area contributed by atoms with Gasteiger partial charge in [0.25, 0.3) is 0 Å². The molecule has 2 amide bonds. The van der Waals surface area contributed by atoms with Gasteiger partial charge in [-0.05, 0) is 0 Å². The number of hydrogen-bond donors (Lipinski definition) is 1.